The highest BCUT2D eigenvalue weighted by Gasteiger charge is 2.26. The molecule has 0 spiro atoms. The molecule has 0 fully saturated rings. The summed E-state index contributed by atoms with van der Waals surface area (Å²) in [5.41, 5.74) is 3.18. The maximum Gasteiger partial charge on any atom is 0.265 e. The van der Waals surface area contributed by atoms with Crippen LogP contribution in [0.25, 0.3) is 11.4 Å². The highest BCUT2D eigenvalue weighted by Crippen LogP contribution is 2.35. The van der Waals surface area contributed by atoms with Gasteiger partial charge in [0, 0.05) is 12.1 Å². The first kappa shape index (κ1) is 23.3. The summed E-state index contributed by atoms with van der Waals surface area (Å²) >= 11 is 0. The van der Waals surface area contributed by atoms with Crippen LogP contribution in [0.1, 0.15) is 36.3 Å². The van der Waals surface area contributed by atoms with Crippen molar-refractivity contribution in [3.8, 4) is 17.1 Å². The predicted molar refractivity (Wildman–Crippen MR) is 134 cm³/mol. The van der Waals surface area contributed by atoms with Crippen molar-refractivity contribution in [1.29, 1.82) is 0 Å². The van der Waals surface area contributed by atoms with E-state index in [1.165, 1.54) is 0 Å². The molecule has 4 aromatic rings. The molecule has 0 unspecified atom stereocenters. The molecule has 8 heteroatoms. The molecule has 1 aliphatic rings. The van der Waals surface area contributed by atoms with Gasteiger partial charge in [0.25, 0.3) is 5.91 Å². The topological polar surface area (TPSA) is 97.6 Å². The van der Waals surface area contributed by atoms with Crippen LogP contribution in [0.3, 0.4) is 0 Å². The van der Waals surface area contributed by atoms with Gasteiger partial charge < -0.3 is 19.5 Å². The number of hydrogen-bond acceptors (Lipinski definition) is 6. The molecule has 0 atom stereocenters. The van der Waals surface area contributed by atoms with Gasteiger partial charge in [0.05, 0.1) is 18.2 Å². The van der Waals surface area contributed by atoms with Crippen molar-refractivity contribution < 1.29 is 18.8 Å². The smallest absolute Gasteiger partial charge is 0.265 e. The van der Waals surface area contributed by atoms with E-state index in [1.54, 1.807) is 4.90 Å². The molecule has 3 aromatic carbocycles. The van der Waals surface area contributed by atoms with E-state index < -0.39 is 5.92 Å². The quantitative estimate of drug-likeness (QED) is 0.402. The molecule has 0 bridgehead atoms. The van der Waals surface area contributed by atoms with Crippen molar-refractivity contribution in [1.82, 2.24) is 15.5 Å². The zero-order valence-corrected chi connectivity index (χ0v) is 19.9. The molecule has 1 aliphatic heterocycles. The fourth-order valence-corrected chi connectivity index (χ4v) is 4.30. The first-order valence-corrected chi connectivity index (χ1v) is 11.9. The molecule has 5 rings (SSSR count). The number of fused-ring (bicyclic) bond motifs is 1. The molecule has 8 nitrogen and oxygen atoms in total. The van der Waals surface area contributed by atoms with Crippen LogP contribution in [0, 0.1) is 0 Å². The van der Waals surface area contributed by atoms with Gasteiger partial charge in [-0.15, -0.1) is 0 Å². The molecule has 36 heavy (non-hydrogen) atoms. The second-order valence-electron chi connectivity index (χ2n) is 8.50. The molecule has 0 radical (unpaired) electrons. The first-order valence-electron chi connectivity index (χ1n) is 11.9. The molecule has 182 valence electrons. The van der Waals surface area contributed by atoms with E-state index in [9.17, 15) is 9.59 Å². The summed E-state index contributed by atoms with van der Waals surface area (Å²) in [6, 6.07) is 24.7. The lowest BCUT2D eigenvalue weighted by molar-refractivity contribution is -0.122. The molecular weight excluding hydrogens is 456 g/mol. The maximum absolute atomic E-state index is 13.2. The van der Waals surface area contributed by atoms with Gasteiger partial charge in [0.15, 0.2) is 6.61 Å². The third-order valence-electron chi connectivity index (χ3n) is 6.02. The molecule has 1 N–H and O–H groups in total. The van der Waals surface area contributed by atoms with Gasteiger partial charge in [-0.1, -0.05) is 72.7 Å². The minimum Gasteiger partial charge on any atom is -0.482 e. The van der Waals surface area contributed by atoms with Gasteiger partial charge in [0.2, 0.25) is 17.6 Å². The molecule has 2 amide bonds. The van der Waals surface area contributed by atoms with Crippen molar-refractivity contribution in [3.63, 3.8) is 0 Å². The fraction of sp³-hybridized carbons (Fsp3) is 0.214. The minimum absolute atomic E-state index is 0.0331. The van der Waals surface area contributed by atoms with Crippen LogP contribution in [0.2, 0.25) is 0 Å². The number of nitrogens with one attached hydrogen (secondary N) is 1. The molecule has 1 aromatic heterocycles. The average Bonchev–Trinajstić information content (AvgIpc) is 3.39. The fourth-order valence-electron chi connectivity index (χ4n) is 4.30. The lowest BCUT2D eigenvalue weighted by Gasteiger charge is -2.29. The summed E-state index contributed by atoms with van der Waals surface area (Å²) in [7, 11) is 0. The average molecular weight is 483 g/mol. The zero-order valence-electron chi connectivity index (χ0n) is 19.9. The van der Waals surface area contributed by atoms with Crippen LogP contribution in [-0.4, -0.2) is 35.1 Å². The second-order valence-corrected chi connectivity index (χ2v) is 8.50. The SMILES string of the molecule is CCCN1C(=O)COc2ccc(-c3noc(CNC(=O)C(c4ccccc4)c4ccccc4)n3)cc21. The Morgan fingerprint density at radius 3 is 2.39 bits per heavy atom. The van der Waals surface area contributed by atoms with Crippen molar-refractivity contribution in [2.24, 2.45) is 0 Å². The number of carbonyl (C=O) groups excluding carboxylic acids is 2. The Kier molecular flexibility index (Phi) is 6.75. The van der Waals surface area contributed by atoms with Gasteiger partial charge in [0.1, 0.15) is 5.75 Å². The number of amides is 2. The van der Waals surface area contributed by atoms with E-state index >= 15 is 0 Å². The Bertz CT molecular complexity index is 1310. The molecule has 0 saturated carbocycles. The molecule has 0 saturated heterocycles. The monoisotopic (exact) mass is 482 g/mol. The summed E-state index contributed by atoms with van der Waals surface area (Å²) in [5.74, 6) is 0.609. The van der Waals surface area contributed by atoms with E-state index in [-0.39, 0.29) is 30.9 Å². The summed E-state index contributed by atoms with van der Waals surface area (Å²) in [6.45, 7) is 2.75. The molecule has 0 aliphatic carbocycles. The van der Waals surface area contributed by atoms with E-state index in [4.69, 9.17) is 9.26 Å². The Morgan fingerprint density at radius 1 is 1.03 bits per heavy atom. The predicted octanol–water partition coefficient (Wildman–Crippen LogP) is 4.32. The molecular formula is C28H26N4O4. The highest BCUT2D eigenvalue weighted by molar-refractivity contribution is 5.98. The van der Waals surface area contributed by atoms with Crippen LogP contribution < -0.4 is 15.0 Å². The maximum atomic E-state index is 13.2. The van der Waals surface area contributed by atoms with Crippen molar-refractivity contribution in [2.75, 3.05) is 18.1 Å². The zero-order chi connectivity index (χ0) is 24.9. The number of aromatic nitrogens is 2. The molecule has 2 heterocycles. The summed E-state index contributed by atoms with van der Waals surface area (Å²) in [5, 5.41) is 7.02. The Balaban J connectivity index is 1.32. The number of nitrogens with zero attached hydrogens (tertiary/aromatic N) is 3. The number of benzene rings is 3. The Labute approximate surface area is 208 Å². The summed E-state index contributed by atoms with van der Waals surface area (Å²) < 4.78 is 11.0. The van der Waals surface area contributed by atoms with Crippen LogP contribution in [-0.2, 0) is 16.1 Å². The van der Waals surface area contributed by atoms with Crippen LogP contribution >= 0.6 is 0 Å². The second kappa shape index (κ2) is 10.4. The standard InChI is InChI=1S/C28H26N4O4/c1-2-15-32-22-16-21(13-14-23(22)35-18-25(32)33)27-30-24(36-31-27)17-29-28(34)26(19-9-5-3-6-10-19)20-11-7-4-8-12-20/h3-14,16,26H,2,15,17-18H2,1H3,(H,29,34). The third kappa shape index (κ3) is 4.84. The summed E-state index contributed by atoms with van der Waals surface area (Å²) in [4.78, 5) is 31.7. The van der Waals surface area contributed by atoms with E-state index in [2.05, 4.69) is 15.5 Å². The van der Waals surface area contributed by atoms with E-state index in [1.807, 2.05) is 85.8 Å². The van der Waals surface area contributed by atoms with Crippen molar-refractivity contribution >= 4 is 17.5 Å². The van der Waals surface area contributed by atoms with Gasteiger partial charge in [-0.05, 0) is 35.7 Å². The van der Waals surface area contributed by atoms with Crippen LogP contribution in [0.15, 0.2) is 83.4 Å². The van der Waals surface area contributed by atoms with Crippen LogP contribution in [0.4, 0.5) is 5.69 Å². The number of ether oxygens (including phenoxy) is 1. The highest BCUT2D eigenvalue weighted by atomic mass is 16.5. The van der Waals surface area contributed by atoms with E-state index in [0.29, 0.717) is 29.4 Å². The lowest BCUT2D eigenvalue weighted by atomic mass is 9.90. The minimum atomic E-state index is -0.461. The van der Waals surface area contributed by atoms with Crippen molar-refractivity contribution in [2.45, 2.75) is 25.8 Å². The first-order chi connectivity index (χ1) is 17.6. The number of rotatable bonds is 8. The Hall–Kier alpha value is -4.46. The van der Waals surface area contributed by atoms with Gasteiger partial charge >= 0.3 is 0 Å². The van der Waals surface area contributed by atoms with E-state index in [0.717, 1.165) is 17.5 Å². The normalized spacial score (nSPS) is 12.8. The third-order valence-corrected chi connectivity index (χ3v) is 6.02. The van der Waals surface area contributed by atoms with Crippen molar-refractivity contribution in [3.05, 3.63) is 95.9 Å². The Morgan fingerprint density at radius 2 is 1.72 bits per heavy atom. The van der Waals surface area contributed by atoms with Gasteiger partial charge in [-0.2, -0.15) is 4.98 Å². The lowest BCUT2D eigenvalue weighted by Crippen LogP contribution is -2.39. The van der Waals surface area contributed by atoms with Gasteiger partial charge in [-0.25, -0.2) is 0 Å². The largest absolute Gasteiger partial charge is 0.482 e. The van der Waals surface area contributed by atoms with Gasteiger partial charge in [-0.3, -0.25) is 9.59 Å². The number of carbonyl (C=O) groups is 2. The van der Waals surface area contributed by atoms with Crippen LogP contribution in [0.5, 0.6) is 5.75 Å². The summed E-state index contributed by atoms with van der Waals surface area (Å²) in [6.07, 6.45) is 0.828. The number of hydrogen-bond donors (Lipinski definition) is 1. The number of anilines is 1.